The average Bonchev–Trinajstić information content (AvgIpc) is 2.54. The van der Waals surface area contributed by atoms with Crippen molar-refractivity contribution < 1.29 is 0 Å². The number of hydrazine groups is 1. The van der Waals surface area contributed by atoms with Crippen molar-refractivity contribution in [2.75, 3.05) is 20.1 Å². The fourth-order valence-electron chi connectivity index (χ4n) is 2.66. The predicted octanol–water partition coefficient (Wildman–Crippen LogP) is 3.45. The van der Waals surface area contributed by atoms with Gasteiger partial charge in [-0.15, -0.1) is 0 Å². The first-order chi connectivity index (χ1) is 11.3. The second-order valence-electron chi connectivity index (χ2n) is 6.65. The lowest BCUT2D eigenvalue weighted by atomic mass is 9.96. The smallest absolute Gasteiger partial charge is 0.190 e. The maximum absolute atomic E-state index is 5.45. The first-order valence-corrected chi connectivity index (χ1v) is 9.64. The Balaban J connectivity index is 2.49. The largest absolute Gasteiger partial charge is 0.348 e. The molecule has 0 heterocycles. The van der Waals surface area contributed by atoms with Crippen LogP contribution in [0.3, 0.4) is 0 Å². The third kappa shape index (κ3) is 7.25. The van der Waals surface area contributed by atoms with Crippen molar-refractivity contribution in [2.45, 2.75) is 71.5 Å². The summed E-state index contributed by atoms with van der Waals surface area (Å²) in [6.45, 7) is 9.82. The first kappa shape index (κ1) is 21.0. The zero-order valence-corrected chi connectivity index (χ0v) is 17.3. The van der Waals surface area contributed by atoms with Crippen LogP contribution in [0.4, 0.5) is 0 Å². The van der Waals surface area contributed by atoms with E-state index in [-0.39, 0.29) is 0 Å². The average molecular weight is 373 g/mol. The van der Waals surface area contributed by atoms with Crippen molar-refractivity contribution in [3.8, 4) is 0 Å². The minimum atomic E-state index is -0.542. The minimum Gasteiger partial charge on any atom is -0.348 e. The Bertz CT molecular complexity index is 442. The van der Waals surface area contributed by atoms with Gasteiger partial charge in [0, 0.05) is 20.1 Å². The van der Waals surface area contributed by atoms with E-state index in [1.54, 1.807) is 5.01 Å². The van der Waals surface area contributed by atoms with Crippen LogP contribution in [-0.2, 0) is 0 Å². The summed E-state index contributed by atoms with van der Waals surface area (Å²) >= 11 is 10.8. The van der Waals surface area contributed by atoms with Crippen molar-refractivity contribution in [2.24, 2.45) is 10.2 Å². The molecule has 0 atom stereocenters. The summed E-state index contributed by atoms with van der Waals surface area (Å²) in [7, 11) is 1.87. The van der Waals surface area contributed by atoms with E-state index in [9.17, 15) is 0 Å². The molecular weight excluding hydrogens is 340 g/mol. The predicted molar refractivity (Wildman–Crippen MR) is 108 cm³/mol. The van der Waals surface area contributed by atoms with Crippen LogP contribution in [0.25, 0.3) is 0 Å². The molecule has 24 heavy (non-hydrogen) atoms. The molecule has 8 heteroatoms. The van der Waals surface area contributed by atoms with Crippen LogP contribution < -0.4 is 10.7 Å². The maximum Gasteiger partial charge on any atom is 0.190 e. The molecule has 0 saturated heterocycles. The third-order valence-corrected chi connectivity index (χ3v) is 4.78. The molecule has 0 aromatic rings. The molecule has 1 rings (SSSR count). The molecule has 6 nitrogen and oxygen atoms in total. The number of hydrogen-bond acceptors (Lipinski definition) is 4. The van der Waals surface area contributed by atoms with Gasteiger partial charge in [0.15, 0.2) is 10.2 Å². The minimum absolute atomic E-state index is 0.360. The van der Waals surface area contributed by atoms with Crippen molar-refractivity contribution in [3.05, 3.63) is 0 Å². The van der Waals surface area contributed by atoms with Gasteiger partial charge in [-0.2, -0.15) is 10.2 Å². The Morgan fingerprint density at radius 3 is 2.25 bits per heavy atom. The number of nitrogens with zero attached hydrogens (tertiary/aromatic N) is 4. The molecular formula is C16H32N6S2. The summed E-state index contributed by atoms with van der Waals surface area (Å²) in [6, 6.07) is 0.360. The first-order valence-electron chi connectivity index (χ1n) is 8.82. The lowest BCUT2D eigenvalue weighted by molar-refractivity contribution is 0.346. The molecule has 138 valence electrons. The Kier molecular flexibility index (Phi) is 8.83. The second-order valence-corrected chi connectivity index (χ2v) is 7.42. The van der Waals surface area contributed by atoms with Crippen LogP contribution >= 0.6 is 24.4 Å². The number of hydrogen-bond donors (Lipinski definition) is 2. The van der Waals surface area contributed by atoms with Gasteiger partial charge >= 0.3 is 0 Å². The molecule has 0 aromatic heterocycles. The topological polar surface area (TPSA) is 55.3 Å². The zero-order valence-electron chi connectivity index (χ0n) is 15.6. The lowest BCUT2D eigenvalue weighted by Crippen LogP contribution is -2.55. The van der Waals surface area contributed by atoms with Gasteiger partial charge in [-0.05, 0) is 65.0 Å². The van der Waals surface area contributed by atoms with Gasteiger partial charge in [-0.1, -0.05) is 19.3 Å². The van der Waals surface area contributed by atoms with E-state index in [1.165, 1.54) is 19.3 Å². The summed E-state index contributed by atoms with van der Waals surface area (Å²) in [4.78, 5) is 2.08. The van der Waals surface area contributed by atoms with E-state index >= 15 is 0 Å². The van der Waals surface area contributed by atoms with E-state index in [2.05, 4.69) is 39.7 Å². The van der Waals surface area contributed by atoms with Crippen LogP contribution in [0.5, 0.6) is 0 Å². The summed E-state index contributed by atoms with van der Waals surface area (Å²) in [5.74, 6) is 0. The van der Waals surface area contributed by atoms with E-state index in [0.717, 1.165) is 25.9 Å². The summed E-state index contributed by atoms with van der Waals surface area (Å²) in [6.07, 6.45) is 6.11. The molecule has 0 spiro atoms. The highest BCUT2D eigenvalue weighted by atomic mass is 32.1. The van der Waals surface area contributed by atoms with E-state index in [0.29, 0.717) is 16.3 Å². The molecule has 0 amide bonds. The van der Waals surface area contributed by atoms with Crippen LogP contribution in [0.15, 0.2) is 10.2 Å². The number of nitrogens with one attached hydrogen (secondary N) is 2. The maximum atomic E-state index is 5.45. The molecule has 0 unspecified atom stereocenters. The standard InChI is InChI=1S/C16H32N6S2/c1-6-22(7-2)15(24)21(5)19-14(23)17-16(3,4)20-18-13-11-9-8-10-12-13/h13H,6-12H2,1-5H3,(H2,17,19,23)/b20-18+. The zero-order chi connectivity index (χ0) is 18.2. The molecule has 0 aromatic carbocycles. The van der Waals surface area contributed by atoms with Gasteiger partial charge in [-0.3, -0.25) is 10.4 Å². The van der Waals surface area contributed by atoms with E-state index in [4.69, 9.17) is 24.4 Å². The monoisotopic (exact) mass is 372 g/mol. The molecule has 1 saturated carbocycles. The third-order valence-electron chi connectivity index (χ3n) is 4.06. The summed E-state index contributed by atoms with van der Waals surface area (Å²) in [5, 5.41) is 15.1. The second kappa shape index (κ2) is 10.1. The Morgan fingerprint density at radius 1 is 1.12 bits per heavy atom. The number of thiocarbonyl (C=S) groups is 2. The molecule has 1 fully saturated rings. The van der Waals surface area contributed by atoms with Gasteiger partial charge < -0.3 is 10.2 Å². The van der Waals surface area contributed by atoms with Crippen molar-refractivity contribution >= 4 is 34.7 Å². The SMILES string of the molecule is CCN(CC)C(=S)N(C)NC(=S)NC(C)(C)/N=N/C1CCCCC1. The quantitative estimate of drug-likeness (QED) is 0.438. The fourth-order valence-corrected chi connectivity index (χ4v) is 3.35. The highest BCUT2D eigenvalue weighted by molar-refractivity contribution is 7.80. The molecule has 0 bridgehead atoms. The molecule has 0 aliphatic heterocycles. The van der Waals surface area contributed by atoms with E-state index < -0.39 is 5.66 Å². The van der Waals surface area contributed by atoms with Gasteiger partial charge in [0.25, 0.3) is 0 Å². The Labute approximate surface area is 157 Å². The number of rotatable bonds is 5. The van der Waals surface area contributed by atoms with Crippen molar-refractivity contribution in [1.29, 1.82) is 0 Å². The normalized spacial score (nSPS) is 16.0. The van der Waals surface area contributed by atoms with Crippen LogP contribution in [0, 0.1) is 0 Å². The molecule has 2 N–H and O–H groups in total. The lowest BCUT2D eigenvalue weighted by Gasteiger charge is -2.32. The van der Waals surface area contributed by atoms with Gasteiger partial charge in [0.1, 0.15) is 5.66 Å². The Morgan fingerprint density at radius 2 is 1.71 bits per heavy atom. The van der Waals surface area contributed by atoms with Gasteiger partial charge in [0.05, 0.1) is 6.04 Å². The Hall–Kier alpha value is -1.02. The molecule has 0 radical (unpaired) electrons. The van der Waals surface area contributed by atoms with Crippen molar-refractivity contribution in [3.63, 3.8) is 0 Å². The van der Waals surface area contributed by atoms with Gasteiger partial charge in [0.2, 0.25) is 0 Å². The van der Waals surface area contributed by atoms with Crippen LogP contribution in [0.1, 0.15) is 59.8 Å². The summed E-state index contributed by atoms with van der Waals surface area (Å²) < 4.78 is 0. The fraction of sp³-hybridized carbons (Fsp3) is 0.875. The highest BCUT2D eigenvalue weighted by Crippen LogP contribution is 2.21. The van der Waals surface area contributed by atoms with E-state index in [1.807, 2.05) is 20.9 Å². The summed E-state index contributed by atoms with van der Waals surface area (Å²) in [5.41, 5.74) is 2.55. The highest BCUT2D eigenvalue weighted by Gasteiger charge is 2.21. The van der Waals surface area contributed by atoms with Gasteiger partial charge in [-0.25, -0.2) is 0 Å². The molecule has 1 aliphatic carbocycles. The van der Waals surface area contributed by atoms with Crippen molar-refractivity contribution in [1.82, 2.24) is 20.7 Å². The van der Waals surface area contributed by atoms with Crippen LogP contribution in [0.2, 0.25) is 0 Å². The molecule has 1 aliphatic rings. The van der Waals surface area contributed by atoms with Crippen LogP contribution in [-0.4, -0.2) is 52.0 Å². The number of azo groups is 1.